The molecule has 1 aliphatic heterocycles. The highest BCUT2D eigenvalue weighted by Gasteiger charge is 2.41. The van der Waals surface area contributed by atoms with Crippen LogP contribution in [0.15, 0.2) is 18.2 Å². The third-order valence-electron chi connectivity index (χ3n) is 4.39. The summed E-state index contributed by atoms with van der Waals surface area (Å²) in [5.74, 6) is 1.82. The lowest BCUT2D eigenvalue weighted by Crippen LogP contribution is -2.39. The standard InChI is InChI=1S/C16H23NO3/c1-10(13-9-12(19-2)5-6-15(13)18)17-14-7-8-20-16(14)11-3-4-11/h5-6,9-11,14,16-18H,3-4,7-8H2,1-2H3. The van der Waals surface area contributed by atoms with Gasteiger partial charge in [-0.05, 0) is 50.3 Å². The molecule has 110 valence electrons. The van der Waals surface area contributed by atoms with E-state index in [1.165, 1.54) is 12.8 Å². The SMILES string of the molecule is COc1ccc(O)c(C(C)NC2CCOC2C2CC2)c1. The minimum Gasteiger partial charge on any atom is -0.508 e. The quantitative estimate of drug-likeness (QED) is 0.868. The van der Waals surface area contributed by atoms with Crippen LogP contribution in [-0.2, 0) is 4.74 Å². The largest absolute Gasteiger partial charge is 0.508 e. The molecule has 4 nitrogen and oxygen atoms in total. The molecule has 0 amide bonds. The fraction of sp³-hybridized carbons (Fsp3) is 0.625. The normalized spacial score (nSPS) is 27.5. The van der Waals surface area contributed by atoms with Crippen LogP contribution in [0.2, 0.25) is 0 Å². The van der Waals surface area contributed by atoms with Crippen LogP contribution in [0.4, 0.5) is 0 Å². The highest BCUT2D eigenvalue weighted by atomic mass is 16.5. The Kier molecular flexibility index (Phi) is 3.85. The zero-order valence-electron chi connectivity index (χ0n) is 12.1. The first kappa shape index (κ1) is 13.7. The lowest BCUT2D eigenvalue weighted by molar-refractivity contribution is 0.0792. The van der Waals surface area contributed by atoms with Gasteiger partial charge in [0.25, 0.3) is 0 Å². The van der Waals surface area contributed by atoms with Crippen molar-refractivity contribution in [3.63, 3.8) is 0 Å². The number of methoxy groups -OCH3 is 1. The molecule has 4 heteroatoms. The van der Waals surface area contributed by atoms with Crippen LogP contribution in [0, 0.1) is 5.92 Å². The smallest absolute Gasteiger partial charge is 0.120 e. The van der Waals surface area contributed by atoms with E-state index < -0.39 is 0 Å². The summed E-state index contributed by atoms with van der Waals surface area (Å²) in [5.41, 5.74) is 0.880. The molecule has 0 spiro atoms. The molecule has 3 atom stereocenters. The van der Waals surface area contributed by atoms with E-state index in [2.05, 4.69) is 12.2 Å². The molecule has 20 heavy (non-hydrogen) atoms. The number of ether oxygens (including phenoxy) is 2. The van der Waals surface area contributed by atoms with Crippen molar-refractivity contribution in [1.82, 2.24) is 5.32 Å². The summed E-state index contributed by atoms with van der Waals surface area (Å²) >= 11 is 0. The summed E-state index contributed by atoms with van der Waals surface area (Å²) in [4.78, 5) is 0. The van der Waals surface area contributed by atoms with E-state index in [9.17, 15) is 5.11 Å². The Morgan fingerprint density at radius 3 is 2.85 bits per heavy atom. The summed E-state index contributed by atoms with van der Waals surface area (Å²) in [7, 11) is 1.64. The van der Waals surface area contributed by atoms with Gasteiger partial charge in [-0.3, -0.25) is 0 Å². The first-order valence-electron chi connectivity index (χ1n) is 7.43. The first-order valence-corrected chi connectivity index (χ1v) is 7.43. The third kappa shape index (κ3) is 2.76. The average molecular weight is 277 g/mol. The predicted molar refractivity (Wildman–Crippen MR) is 77.1 cm³/mol. The molecule has 1 aromatic carbocycles. The number of nitrogens with one attached hydrogen (secondary N) is 1. The van der Waals surface area contributed by atoms with Crippen molar-refractivity contribution in [3.05, 3.63) is 23.8 Å². The summed E-state index contributed by atoms with van der Waals surface area (Å²) in [6.45, 7) is 2.92. The number of aromatic hydroxyl groups is 1. The van der Waals surface area contributed by atoms with Crippen molar-refractivity contribution in [1.29, 1.82) is 0 Å². The van der Waals surface area contributed by atoms with E-state index in [1.807, 2.05) is 6.07 Å². The second-order valence-corrected chi connectivity index (χ2v) is 5.88. The van der Waals surface area contributed by atoms with Crippen LogP contribution < -0.4 is 10.1 Å². The second-order valence-electron chi connectivity index (χ2n) is 5.88. The van der Waals surface area contributed by atoms with Crippen LogP contribution in [0.25, 0.3) is 0 Å². The van der Waals surface area contributed by atoms with Gasteiger partial charge in [-0.15, -0.1) is 0 Å². The second kappa shape index (κ2) is 5.62. The highest BCUT2D eigenvalue weighted by Crippen LogP contribution is 2.39. The average Bonchev–Trinajstić information content (AvgIpc) is 3.20. The number of hydrogen-bond acceptors (Lipinski definition) is 4. The fourth-order valence-electron chi connectivity index (χ4n) is 3.10. The van der Waals surface area contributed by atoms with Gasteiger partial charge in [0.15, 0.2) is 0 Å². The van der Waals surface area contributed by atoms with Crippen molar-refractivity contribution in [2.75, 3.05) is 13.7 Å². The summed E-state index contributed by atoms with van der Waals surface area (Å²) in [6, 6.07) is 5.84. The topological polar surface area (TPSA) is 50.7 Å². The number of phenolic OH excluding ortho intramolecular Hbond substituents is 1. The van der Waals surface area contributed by atoms with Gasteiger partial charge < -0.3 is 19.9 Å². The number of hydrogen-bond donors (Lipinski definition) is 2. The maximum Gasteiger partial charge on any atom is 0.120 e. The van der Waals surface area contributed by atoms with E-state index >= 15 is 0 Å². The van der Waals surface area contributed by atoms with Crippen molar-refractivity contribution < 1.29 is 14.6 Å². The molecule has 3 rings (SSSR count). The van der Waals surface area contributed by atoms with Crippen molar-refractivity contribution >= 4 is 0 Å². The Morgan fingerprint density at radius 2 is 2.15 bits per heavy atom. The van der Waals surface area contributed by atoms with Crippen LogP contribution >= 0.6 is 0 Å². The van der Waals surface area contributed by atoms with E-state index in [4.69, 9.17) is 9.47 Å². The van der Waals surface area contributed by atoms with Gasteiger partial charge in [0.2, 0.25) is 0 Å². The van der Waals surface area contributed by atoms with E-state index in [1.54, 1.807) is 19.2 Å². The molecule has 2 N–H and O–H groups in total. The summed E-state index contributed by atoms with van der Waals surface area (Å²) < 4.78 is 11.1. The third-order valence-corrected chi connectivity index (χ3v) is 4.39. The molecule has 2 aliphatic rings. The van der Waals surface area contributed by atoms with Gasteiger partial charge in [-0.1, -0.05) is 0 Å². The Balaban J connectivity index is 1.70. The van der Waals surface area contributed by atoms with Gasteiger partial charge >= 0.3 is 0 Å². The van der Waals surface area contributed by atoms with Gasteiger partial charge in [0.05, 0.1) is 13.2 Å². The van der Waals surface area contributed by atoms with Crippen molar-refractivity contribution in [3.8, 4) is 11.5 Å². The van der Waals surface area contributed by atoms with E-state index in [0.29, 0.717) is 17.9 Å². The fourth-order valence-corrected chi connectivity index (χ4v) is 3.10. The molecule has 1 heterocycles. The predicted octanol–water partition coefficient (Wildman–Crippen LogP) is 2.62. The Morgan fingerprint density at radius 1 is 1.35 bits per heavy atom. The maximum atomic E-state index is 10.0. The Bertz CT molecular complexity index is 473. The maximum absolute atomic E-state index is 10.0. The minimum atomic E-state index is 0.0815. The first-order chi connectivity index (χ1) is 9.69. The number of rotatable bonds is 5. The zero-order valence-corrected chi connectivity index (χ0v) is 12.1. The number of phenols is 1. The zero-order chi connectivity index (χ0) is 14.1. The molecule has 1 saturated carbocycles. The van der Waals surface area contributed by atoms with E-state index in [0.717, 1.165) is 30.3 Å². The lowest BCUT2D eigenvalue weighted by atomic mass is 10.0. The minimum absolute atomic E-state index is 0.0815. The van der Waals surface area contributed by atoms with Gasteiger partial charge in [0.1, 0.15) is 11.5 Å². The monoisotopic (exact) mass is 277 g/mol. The highest BCUT2D eigenvalue weighted by molar-refractivity contribution is 5.41. The van der Waals surface area contributed by atoms with Crippen molar-refractivity contribution in [2.24, 2.45) is 5.92 Å². The molecule has 2 fully saturated rings. The molecule has 0 bridgehead atoms. The van der Waals surface area contributed by atoms with Gasteiger partial charge in [-0.25, -0.2) is 0 Å². The molecule has 0 radical (unpaired) electrons. The van der Waals surface area contributed by atoms with Crippen LogP contribution in [0.3, 0.4) is 0 Å². The summed E-state index contributed by atoms with van der Waals surface area (Å²) in [5, 5.41) is 13.7. The Hall–Kier alpha value is -1.26. The Labute approximate surface area is 120 Å². The molecule has 0 aromatic heterocycles. The molecular weight excluding hydrogens is 254 g/mol. The van der Waals surface area contributed by atoms with Gasteiger partial charge in [0, 0.05) is 24.3 Å². The molecular formula is C16H23NO3. The lowest BCUT2D eigenvalue weighted by Gasteiger charge is -2.25. The van der Waals surface area contributed by atoms with Gasteiger partial charge in [-0.2, -0.15) is 0 Å². The van der Waals surface area contributed by atoms with E-state index in [-0.39, 0.29) is 6.04 Å². The molecule has 1 aliphatic carbocycles. The molecule has 1 aromatic rings. The van der Waals surface area contributed by atoms with Crippen LogP contribution in [0.5, 0.6) is 11.5 Å². The van der Waals surface area contributed by atoms with Crippen LogP contribution in [-0.4, -0.2) is 31.0 Å². The molecule has 1 saturated heterocycles. The molecule has 3 unspecified atom stereocenters. The summed E-state index contributed by atoms with van der Waals surface area (Å²) in [6.07, 6.45) is 3.99. The number of benzene rings is 1. The van der Waals surface area contributed by atoms with Crippen LogP contribution in [0.1, 0.15) is 37.8 Å². The van der Waals surface area contributed by atoms with Crippen molar-refractivity contribution in [2.45, 2.75) is 44.4 Å².